The Morgan fingerprint density at radius 3 is 2.43 bits per heavy atom. The molecule has 14 heavy (non-hydrogen) atoms. The maximum atomic E-state index is 11.5. The van der Waals surface area contributed by atoms with E-state index in [2.05, 4.69) is 0 Å². The highest BCUT2D eigenvalue weighted by atomic mass is 16.2. The van der Waals surface area contributed by atoms with Crippen LogP contribution in [0.1, 0.15) is 6.42 Å². The third-order valence-corrected chi connectivity index (χ3v) is 2.29. The molecule has 0 saturated carbocycles. The minimum atomic E-state index is -1.17. The molecule has 1 rings (SSSR count). The van der Waals surface area contributed by atoms with Gasteiger partial charge in [-0.1, -0.05) is 0 Å². The van der Waals surface area contributed by atoms with Gasteiger partial charge < -0.3 is 16.4 Å². The Balaban J connectivity index is 2.93. The van der Waals surface area contributed by atoms with E-state index in [1.165, 1.54) is 4.90 Å². The molecule has 6 heteroatoms. The van der Waals surface area contributed by atoms with Gasteiger partial charge in [0.1, 0.15) is 5.92 Å². The minimum Gasteiger partial charge on any atom is -0.369 e. The number of hydrogen-bond acceptors (Lipinski definition) is 3. The summed E-state index contributed by atoms with van der Waals surface area (Å²) in [5.74, 6) is -3.07. The highest BCUT2D eigenvalue weighted by molar-refractivity contribution is 6.09. The van der Waals surface area contributed by atoms with Gasteiger partial charge in [-0.15, -0.1) is 0 Å². The zero-order chi connectivity index (χ0) is 10.9. The summed E-state index contributed by atoms with van der Waals surface area (Å²) in [7, 11) is 1.55. The zero-order valence-corrected chi connectivity index (χ0v) is 7.82. The van der Waals surface area contributed by atoms with Gasteiger partial charge in [0, 0.05) is 13.6 Å². The van der Waals surface area contributed by atoms with Crippen LogP contribution in [0.25, 0.3) is 0 Å². The average molecular weight is 198 g/mol. The smallest absolute Gasteiger partial charge is 0.236 e. The van der Waals surface area contributed by atoms with Crippen molar-refractivity contribution in [3.05, 3.63) is 5.92 Å². The van der Waals surface area contributed by atoms with Crippen LogP contribution >= 0.6 is 0 Å². The molecule has 0 aromatic heterocycles. The van der Waals surface area contributed by atoms with Crippen LogP contribution in [-0.4, -0.2) is 36.2 Å². The molecule has 1 heterocycles. The summed E-state index contributed by atoms with van der Waals surface area (Å²) >= 11 is 0. The third-order valence-electron chi connectivity index (χ3n) is 2.29. The van der Waals surface area contributed by atoms with Crippen LogP contribution in [0.3, 0.4) is 0 Å². The molecule has 77 valence electrons. The lowest BCUT2D eigenvalue weighted by Crippen LogP contribution is -2.51. The van der Waals surface area contributed by atoms with Crippen molar-refractivity contribution >= 4 is 17.7 Å². The molecule has 1 unspecified atom stereocenters. The van der Waals surface area contributed by atoms with Gasteiger partial charge in [-0.3, -0.25) is 14.4 Å². The van der Waals surface area contributed by atoms with Crippen molar-refractivity contribution in [2.75, 3.05) is 13.6 Å². The first-order valence-corrected chi connectivity index (χ1v) is 4.15. The fourth-order valence-electron chi connectivity index (χ4n) is 1.47. The molecule has 6 nitrogen and oxygen atoms in total. The standard InChI is InChI=1S/C8H12N3O3/c1-11-3-2-4(6(9)12)5(7(10)13)8(11)14/h5H,2-3H2,1H3,(H2,9,12)(H2,10,13). The lowest BCUT2D eigenvalue weighted by atomic mass is 9.84. The van der Waals surface area contributed by atoms with Gasteiger partial charge in [-0.05, 0) is 6.42 Å². The van der Waals surface area contributed by atoms with Crippen LogP contribution < -0.4 is 11.5 Å². The van der Waals surface area contributed by atoms with Gasteiger partial charge in [0.2, 0.25) is 17.7 Å². The largest absolute Gasteiger partial charge is 0.369 e. The van der Waals surface area contributed by atoms with Gasteiger partial charge in [0.05, 0.1) is 5.92 Å². The number of piperidine rings is 1. The molecule has 0 aromatic carbocycles. The third kappa shape index (κ3) is 1.68. The summed E-state index contributed by atoms with van der Waals surface area (Å²) in [6, 6.07) is 0. The van der Waals surface area contributed by atoms with Crippen molar-refractivity contribution in [3.63, 3.8) is 0 Å². The predicted octanol–water partition coefficient (Wildman–Crippen LogP) is -1.99. The first-order valence-electron chi connectivity index (χ1n) is 4.15. The van der Waals surface area contributed by atoms with Crippen molar-refractivity contribution in [1.29, 1.82) is 0 Å². The van der Waals surface area contributed by atoms with Crippen molar-refractivity contribution < 1.29 is 14.4 Å². The van der Waals surface area contributed by atoms with E-state index in [1.54, 1.807) is 7.05 Å². The molecule has 3 amide bonds. The van der Waals surface area contributed by atoms with Crippen LogP contribution in [0.2, 0.25) is 0 Å². The second kappa shape index (κ2) is 3.65. The number of carbonyl (C=O) groups is 3. The lowest BCUT2D eigenvalue weighted by Gasteiger charge is -2.31. The first kappa shape index (κ1) is 10.5. The molecule has 1 radical (unpaired) electrons. The van der Waals surface area contributed by atoms with E-state index in [1.807, 2.05) is 0 Å². The number of carbonyl (C=O) groups excluding carboxylic acids is 3. The van der Waals surface area contributed by atoms with E-state index in [0.717, 1.165) is 0 Å². The van der Waals surface area contributed by atoms with Crippen molar-refractivity contribution in [2.24, 2.45) is 17.4 Å². The Hall–Kier alpha value is -1.59. The number of likely N-dealkylation sites (tertiary alicyclic amines) is 1. The number of nitrogens with zero attached hydrogens (tertiary/aromatic N) is 1. The molecule has 1 saturated heterocycles. The van der Waals surface area contributed by atoms with E-state index < -0.39 is 23.6 Å². The molecule has 1 fully saturated rings. The zero-order valence-electron chi connectivity index (χ0n) is 7.82. The lowest BCUT2D eigenvalue weighted by molar-refractivity contribution is -0.143. The molecular weight excluding hydrogens is 186 g/mol. The Kier molecular flexibility index (Phi) is 2.73. The Bertz CT molecular complexity index is 290. The molecule has 0 aliphatic carbocycles. The molecule has 4 N–H and O–H groups in total. The van der Waals surface area contributed by atoms with Crippen LogP contribution in [0, 0.1) is 11.8 Å². The van der Waals surface area contributed by atoms with Gasteiger partial charge in [-0.2, -0.15) is 0 Å². The molecule has 0 aromatic rings. The summed E-state index contributed by atoms with van der Waals surface area (Å²) in [5.41, 5.74) is 10.1. The van der Waals surface area contributed by atoms with E-state index in [0.29, 0.717) is 13.0 Å². The Labute approximate surface area is 81.2 Å². The number of amides is 3. The predicted molar refractivity (Wildman–Crippen MR) is 47.4 cm³/mol. The van der Waals surface area contributed by atoms with Gasteiger partial charge in [-0.25, -0.2) is 0 Å². The molecule has 1 atom stereocenters. The SMILES string of the molecule is CN1CC[C](C(N)=O)C(C(N)=O)C1=O. The molecule has 1 aliphatic rings. The summed E-state index contributed by atoms with van der Waals surface area (Å²) < 4.78 is 0. The quantitative estimate of drug-likeness (QED) is 0.501. The van der Waals surface area contributed by atoms with Crippen LogP contribution in [0.15, 0.2) is 0 Å². The Morgan fingerprint density at radius 1 is 1.43 bits per heavy atom. The summed E-state index contributed by atoms with van der Waals surface area (Å²) in [5, 5.41) is 0. The van der Waals surface area contributed by atoms with Crippen LogP contribution in [0.5, 0.6) is 0 Å². The highest BCUT2D eigenvalue weighted by Crippen LogP contribution is 2.25. The normalized spacial score (nSPS) is 23.6. The van der Waals surface area contributed by atoms with Gasteiger partial charge >= 0.3 is 0 Å². The summed E-state index contributed by atoms with van der Waals surface area (Å²) in [4.78, 5) is 34.7. The van der Waals surface area contributed by atoms with Crippen LogP contribution in [0.4, 0.5) is 0 Å². The average Bonchev–Trinajstić information content (AvgIpc) is 2.08. The summed E-state index contributed by atoms with van der Waals surface area (Å²) in [6.45, 7) is 0.390. The van der Waals surface area contributed by atoms with E-state index >= 15 is 0 Å². The highest BCUT2D eigenvalue weighted by Gasteiger charge is 2.42. The maximum absolute atomic E-state index is 11.5. The fraction of sp³-hybridized carbons (Fsp3) is 0.500. The Morgan fingerprint density at radius 2 is 2.00 bits per heavy atom. The molecule has 0 bridgehead atoms. The maximum Gasteiger partial charge on any atom is 0.236 e. The fourth-order valence-corrected chi connectivity index (χ4v) is 1.47. The second-order valence-electron chi connectivity index (χ2n) is 3.23. The summed E-state index contributed by atoms with van der Waals surface area (Å²) in [6.07, 6.45) is 0.311. The van der Waals surface area contributed by atoms with Crippen LogP contribution in [-0.2, 0) is 14.4 Å². The van der Waals surface area contributed by atoms with Crippen molar-refractivity contribution in [2.45, 2.75) is 6.42 Å². The number of nitrogens with two attached hydrogens (primary N) is 2. The molecule has 0 spiro atoms. The van der Waals surface area contributed by atoms with E-state index in [4.69, 9.17) is 11.5 Å². The van der Waals surface area contributed by atoms with Gasteiger partial charge in [0.15, 0.2) is 0 Å². The topological polar surface area (TPSA) is 106 Å². The van der Waals surface area contributed by atoms with E-state index in [9.17, 15) is 14.4 Å². The first-order chi connectivity index (χ1) is 6.45. The number of primary amides is 2. The van der Waals surface area contributed by atoms with Crippen molar-refractivity contribution in [3.8, 4) is 0 Å². The number of rotatable bonds is 2. The van der Waals surface area contributed by atoms with Gasteiger partial charge in [0.25, 0.3) is 0 Å². The molecular formula is C8H12N3O3. The van der Waals surface area contributed by atoms with Crippen molar-refractivity contribution in [1.82, 2.24) is 4.90 Å². The van der Waals surface area contributed by atoms with E-state index in [-0.39, 0.29) is 5.92 Å². The molecule has 1 aliphatic heterocycles. The monoisotopic (exact) mass is 198 g/mol. The minimum absolute atomic E-state index is 0.112. The number of hydrogen-bond donors (Lipinski definition) is 2. The second-order valence-corrected chi connectivity index (χ2v) is 3.23.